The molecule has 18 heavy (non-hydrogen) atoms. The smallest absolute Gasteiger partial charge is 0.191 e. The van der Waals surface area contributed by atoms with E-state index in [0.29, 0.717) is 0 Å². The Kier molecular flexibility index (Phi) is 14.3. The predicted octanol–water partition coefficient (Wildman–Crippen LogP) is 2.11. The van der Waals surface area contributed by atoms with Gasteiger partial charge >= 0.3 is 0 Å². The fraction of sp³-hybridized carbons (Fsp3) is 0.923. The minimum atomic E-state index is 0.813. The molecule has 0 rings (SSSR count). The first-order valence-electron chi connectivity index (χ1n) is 6.94. The molecule has 5 heteroatoms. The van der Waals surface area contributed by atoms with Gasteiger partial charge in [-0.15, -0.1) is 0 Å². The molecule has 0 aromatic rings. The molecule has 0 aliphatic carbocycles. The summed E-state index contributed by atoms with van der Waals surface area (Å²) in [6.45, 7) is 8.63. The van der Waals surface area contributed by atoms with Crippen LogP contribution in [0, 0.1) is 0 Å². The van der Waals surface area contributed by atoms with Crippen LogP contribution in [0.5, 0.6) is 0 Å². The molecule has 0 radical (unpaired) electrons. The topological polar surface area (TPSA) is 45.6 Å². The van der Waals surface area contributed by atoms with Crippen LogP contribution in [0.15, 0.2) is 4.99 Å². The molecule has 4 nitrogen and oxygen atoms in total. The first-order valence-corrected chi connectivity index (χ1v) is 8.33. The molecule has 0 aromatic heterocycles. The highest BCUT2D eigenvalue weighted by atomic mass is 32.2. The third-order valence-electron chi connectivity index (χ3n) is 2.30. The Morgan fingerprint density at radius 1 is 1.17 bits per heavy atom. The van der Waals surface area contributed by atoms with Crippen molar-refractivity contribution in [3.8, 4) is 0 Å². The first kappa shape index (κ1) is 17.6. The molecule has 0 bridgehead atoms. The van der Waals surface area contributed by atoms with E-state index in [1.54, 1.807) is 0 Å². The summed E-state index contributed by atoms with van der Waals surface area (Å²) in [4.78, 5) is 4.51. The lowest BCUT2D eigenvalue weighted by Gasteiger charge is -2.10. The van der Waals surface area contributed by atoms with Gasteiger partial charge in [-0.3, -0.25) is 4.99 Å². The number of thioether (sulfide) groups is 1. The molecule has 0 saturated heterocycles. The van der Waals surface area contributed by atoms with Gasteiger partial charge in [0.1, 0.15) is 0 Å². The van der Waals surface area contributed by atoms with Crippen LogP contribution < -0.4 is 10.6 Å². The molecule has 0 unspecified atom stereocenters. The highest BCUT2D eigenvalue weighted by molar-refractivity contribution is 7.98. The van der Waals surface area contributed by atoms with E-state index in [-0.39, 0.29) is 0 Å². The van der Waals surface area contributed by atoms with Crippen LogP contribution in [-0.2, 0) is 4.74 Å². The largest absolute Gasteiger partial charge is 0.381 e. The van der Waals surface area contributed by atoms with E-state index < -0.39 is 0 Å². The molecule has 0 amide bonds. The number of nitrogens with one attached hydrogen (secondary N) is 2. The number of hydrogen-bond donors (Lipinski definition) is 2. The molecule has 0 spiro atoms. The SMILES string of the molecule is CCCCOCCCN=C(NCC)NCCSC. The van der Waals surface area contributed by atoms with Crippen LogP contribution in [-0.4, -0.2) is 50.8 Å². The monoisotopic (exact) mass is 275 g/mol. The Bertz CT molecular complexity index is 201. The lowest BCUT2D eigenvalue weighted by molar-refractivity contribution is 0.130. The van der Waals surface area contributed by atoms with E-state index in [1.807, 2.05) is 11.8 Å². The van der Waals surface area contributed by atoms with Gasteiger partial charge in [-0.25, -0.2) is 0 Å². The van der Waals surface area contributed by atoms with Crippen molar-refractivity contribution in [2.24, 2.45) is 4.99 Å². The normalized spacial score (nSPS) is 11.6. The van der Waals surface area contributed by atoms with Crippen LogP contribution in [0.3, 0.4) is 0 Å². The minimum absolute atomic E-state index is 0.813. The summed E-state index contributed by atoms with van der Waals surface area (Å²) < 4.78 is 5.50. The van der Waals surface area contributed by atoms with E-state index >= 15 is 0 Å². The standard InChI is InChI=1S/C13H29N3OS/c1-4-6-10-17-11-7-8-15-13(14-5-2)16-9-12-18-3/h4-12H2,1-3H3,(H2,14,15,16). The second kappa shape index (κ2) is 14.6. The highest BCUT2D eigenvalue weighted by Gasteiger charge is 1.95. The van der Waals surface area contributed by atoms with Gasteiger partial charge in [0.05, 0.1) is 0 Å². The zero-order chi connectivity index (χ0) is 13.5. The number of unbranched alkanes of at least 4 members (excludes halogenated alkanes) is 1. The molecule has 0 aromatic carbocycles. The van der Waals surface area contributed by atoms with E-state index in [4.69, 9.17) is 4.74 Å². The lowest BCUT2D eigenvalue weighted by Crippen LogP contribution is -2.38. The Labute approximate surface area is 116 Å². The Balaban J connectivity index is 3.59. The van der Waals surface area contributed by atoms with Crippen molar-refractivity contribution in [2.75, 3.05) is 44.9 Å². The second-order valence-electron chi connectivity index (χ2n) is 4.00. The van der Waals surface area contributed by atoms with Gasteiger partial charge in [0.15, 0.2) is 5.96 Å². The molecule has 108 valence electrons. The molecule has 0 heterocycles. The summed E-state index contributed by atoms with van der Waals surface area (Å²) in [5.41, 5.74) is 0. The summed E-state index contributed by atoms with van der Waals surface area (Å²) in [6, 6.07) is 0. The summed E-state index contributed by atoms with van der Waals surface area (Å²) in [7, 11) is 0. The first-order chi connectivity index (χ1) is 8.85. The van der Waals surface area contributed by atoms with Crippen molar-refractivity contribution in [1.82, 2.24) is 10.6 Å². The van der Waals surface area contributed by atoms with Crippen LogP contribution in [0.25, 0.3) is 0 Å². The van der Waals surface area contributed by atoms with Crippen molar-refractivity contribution in [2.45, 2.75) is 33.1 Å². The number of guanidine groups is 1. The van der Waals surface area contributed by atoms with Crippen LogP contribution in [0.4, 0.5) is 0 Å². The van der Waals surface area contributed by atoms with E-state index in [1.165, 1.54) is 6.42 Å². The third kappa shape index (κ3) is 12.0. The fourth-order valence-corrected chi connectivity index (χ4v) is 1.63. The van der Waals surface area contributed by atoms with E-state index in [9.17, 15) is 0 Å². The number of nitrogens with zero attached hydrogens (tertiary/aromatic N) is 1. The van der Waals surface area contributed by atoms with Gasteiger partial charge in [0.2, 0.25) is 0 Å². The molecule has 0 saturated carbocycles. The molecule has 0 aliphatic rings. The average molecular weight is 275 g/mol. The Morgan fingerprint density at radius 2 is 1.94 bits per heavy atom. The second-order valence-corrected chi connectivity index (χ2v) is 4.99. The molecular weight excluding hydrogens is 246 g/mol. The van der Waals surface area contributed by atoms with Crippen LogP contribution in [0.1, 0.15) is 33.1 Å². The lowest BCUT2D eigenvalue weighted by atomic mass is 10.4. The van der Waals surface area contributed by atoms with Crippen molar-refractivity contribution in [3.05, 3.63) is 0 Å². The zero-order valence-corrected chi connectivity index (χ0v) is 12.9. The molecular formula is C13H29N3OS. The van der Waals surface area contributed by atoms with Gasteiger partial charge in [-0.1, -0.05) is 13.3 Å². The van der Waals surface area contributed by atoms with Gasteiger partial charge in [-0.05, 0) is 26.0 Å². The summed E-state index contributed by atoms with van der Waals surface area (Å²) in [6.07, 6.45) is 5.45. The fourth-order valence-electron chi connectivity index (χ4n) is 1.32. The van der Waals surface area contributed by atoms with Gasteiger partial charge in [0.25, 0.3) is 0 Å². The van der Waals surface area contributed by atoms with E-state index in [0.717, 1.165) is 57.4 Å². The number of hydrogen-bond acceptors (Lipinski definition) is 3. The number of ether oxygens (including phenoxy) is 1. The highest BCUT2D eigenvalue weighted by Crippen LogP contribution is 1.91. The van der Waals surface area contributed by atoms with Crippen molar-refractivity contribution < 1.29 is 4.74 Å². The summed E-state index contributed by atoms with van der Waals surface area (Å²) in [5.74, 6) is 2.02. The predicted molar refractivity (Wildman–Crippen MR) is 82.7 cm³/mol. The third-order valence-corrected chi connectivity index (χ3v) is 2.91. The molecule has 0 aliphatic heterocycles. The minimum Gasteiger partial charge on any atom is -0.381 e. The number of rotatable bonds is 11. The van der Waals surface area contributed by atoms with Crippen molar-refractivity contribution in [3.63, 3.8) is 0 Å². The summed E-state index contributed by atoms with van der Waals surface area (Å²) in [5, 5.41) is 6.55. The maximum atomic E-state index is 5.50. The van der Waals surface area contributed by atoms with Crippen molar-refractivity contribution in [1.29, 1.82) is 0 Å². The molecule has 2 N–H and O–H groups in total. The molecule has 0 atom stereocenters. The maximum absolute atomic E-state index is 5.50. The van der Waals surface area contributed by atoms with Gasteiger partial charge in [-0.2, -0.15) is 11.8 Å². The van der Waals surface area contributed by atoms with Gasteiger partial charge < -0.3 is 15.4 Å². The quantitative estimate of drug-likeness (QED) is 0.344. The number of aliphatic imine (C=N–C) groups is 1. The van der Waals surface area contributed by atoms with E-state index in [2.05, 4.69) is 35.7 Å². The van der Waals surface area contributed by atoms with Crippen molar-refractivity contribution >= 4 is 17.7 Å². The molecule has 0 fully saturated rings. The zero-order valence-electron chi connectivity index (χ0n) is 12.1. The summed E-state index contributed by atoms with van der Waals surface area (Å²) >= 11 is 1.84. The van der Waals surface area contributed by atoms with Crippen LogP contribution in [0.2, 0.25) is 0 Å². The maximum Gasteiger partial charge on any atom is 0.191 e. The average Bonchev–Trinajstić information content (AvgIpc) is 2.38. The van der Waals surface area contributed by atoms with Crippen LogP contribution >= 0.6 is 11.8 Å². The Hall–Kier alpha value is -0.420. The van der Waals surface area contributed by atoms with Gasteiger partial charge in [0, 0.05) is 38.6 Å². The Morgan fingerprint density at radius 3 is 2.61 bits per heavy atom.